The van der Waals surface area contributed by atoms with Crippen LogP contribution in [0.15, 0.2) is 12.3 Å². The minimum absolute atomic E-state index is 0.0579. The molecule has 0 aromatic rings. The van der Waals surface area contributed by atoms with E-state index in [2.05, 4.69) is 6.58 Å². The van der Waals surface area contributed by atoms with E-state index in [1.165, 1.54) is 0 Å². The molecule has 4 nitrogen and oxygen atoms in total. The molecule has 0 radical (unpaired) electrons. The van der Waals surface area contributed by atoms with Crippen LogP contribution in [0.3, 0.4) is 0 Å². The quantitative estimate of drug-likeness (QED) is 0.670. The van der Waals surface area contributed by atoms with Gasteiger partial charge in [0.2, 0.25) is 0 Å². The molecule has 0 aromatic heterocycles. The number of nitrogens with zero attached hydrogens (tertiary/aromatic N) is 1. The maximum absolute atomic E-state index is 11.7. The van der Waals surface area contributed by atoms with Crippen molar-refractivity contribution in [2.24, 2.45) is 0 Å². The number of ether oxygens (including phenoxy) is 2. The van der Waals surface area contributed by atoms with Gasteiger partial charge >= 0.3 is 6.09 Å². The van der Waals surface area contributed by atoms with Crippen molar-refractivity contribution in [3.63, 3.8) is 0 Å². The van der Waals surface area contributed by atoms with E-state index in [4.69, 9.17) is 9.47 Å². The zero-order valence-corrected chi connectivity index (χ0v) is 9.87. The van der Waals surface area contributed by atoms with Crippen LogP contribution in [0.4, 0.5) is 4.79 Å². The van der Waals surface area contributed by atoms with E-state index in [1.807, 2.05) is 20.8 Å². The Morgan fingerprint density at radius 3 is 2.53 bits per heavy atom. The number of rotatable bonds is 1. The second kappa shape index (κ2) is 4.23. The van der Waals surface area contributed by atoms with Gasteiger partial charge in [-0.25, -0.2) is 4.79 Å². The molecule has 0 aromatic carbocycles. The van der Waals surface area contributed by atoms with Gasteiger partial charge in [-0.05, 0) is 27.2 Å². The highest BCUT2D eigenvalue weighted by Crippen LogP contribution is 2.24. The van der Waals surface area contributed by atoms with Crippen molar-refractivity contribution in [1.82, 2.24) is 4.90 Å². The van der Waals surface area contributed by atoms with Crippen LogP contribution in [-0.2, 0) is 9.47 Å². The van der Waals surface area contributed by atoms with Gasteiger partial charge in [0.25, 0.3) is 0 Å². The van der Waals surface area contributed by atoms with Crippen molar-refractivity contribution >= 4 is 6.09 Å². The molecule has 15 heavy (non-hydrogen) atoms. The molecule has 1 atom stereocenters. The number of likely N-dealkylation sites (tertiary alicyclic amines) is 1. The summed E-state index contributed by atoms with van der Waals surface area (Å²) in [6.07, 6.45) is 0.388. The number of amides is 1. The van der Waals surface area contributed by atoms with Gasteiger partial charge in [-0.2, -0.15) is 0 Å². The number of carbonyl (C=O) groups excluding carboxylic acids is 1. The van der Waals surface area contributed by atoms with E-state index in [9.17, 15) is 4.79 Å². The zero-order chi connectivity index (χ0) is 11.6. The molecule has 1 saturated heterocycles. The standard InChI is InChI=1S/C11H19NO3/c1-8-9(14-5)6-7-12(8)10(13)15-11(2,3)4/h9H,1,6-7H2,2-5H3. The Labute approximate surface area is 90.8 Å². The minimum atomic E-state index is -0.470. The van der Waals surface area contributed by atoms with E-state index in [1.54, 1.807) is 12.0 Å². The van der Waals surface area contributed by atoms with Crippen LogP contribution in [0.25, 0.3) is 0 Å². The molecular weight excluding hydrogens is 194 g/mol. The molecule has 1 unspecified atom stereocenters. The summed E-state index contributed by atoms with van der Waals surface area (Å²) in [6.45, 7) is 9.99. The molecule has 1 heterocycles. The van der Waals surface area contributed by atoms with Crippen molar-refractivity contribution in [1.29, 1.82) is 0 Å². The average molecular weight is 213 g/mol. The monoisotopic (exact) mass is 213 g/mol. The molecule has 1 rings (SSSR count). The van der Waals surface area contributed by atoms with E-state index in [0.29, 0.717) is 12.2 Å². The van der Waals surface area contributed by atoms with Crippen LogP contribution in [0.5, 0.6) is 0 Å². The summed E-state index contributed by atoms with van der Waals surface area (Å²) in [5.41, 5.74) is 0.217. The maximum atomic E-state index is 11.7. The van der Waals surface area contributed by atoms with E-state index in [-0.39, 0.29) is 12.2 Å². The SMILES string of the molecule is C=C1C(OC)CCN1C(=O)OC(C)(C)C. The van der Waals surface area contributed by atoms with Gasteiger partial charge in [-0.1, -0.05) is 6.58 Å². The molecule has 4 heteroatoms. The number of methoxy groups -OCH3 is 1. The largest absolute Gasteiger partial charge is 0.443 e. The van der Waals surface area contributed by atoms with Crippen molar-refractivity contribution < 1.29 is 14.3 Å². The molecule has 0 spiro atoms. The molecular formula is C11H19NO3. The van der Waals surface area contributed by atoms with Gasteiger partial charge in [0.1, 0.15) is 5.60 Å². The Morgan fingerprint density at radius 2 is 2.13 bits per heavy atom. The summed E-state index contributed by atoms with van der Waals surface area (Å²) in [5, 5.41) is 0. The molecule has 0 N–H and O–H groups in total. The Balaban J connectivity index is 2.59. The molecule has 1 aliphatic rings. The highest BCUT2D eigenvalue weighted by atomic mass is 16.6. The predicted molar refractivity (Wildman–Crippen MR) is 57.5 cm³/mol. The molecule has 1 fully saturated rings. The third-order valence-corrected chi connectivity index (χ3v) is 2.23. The molecule has 1 amide bonds. The average Bonchev–Trinajstić information content (AvgIpc) is 2.43. The summed E-state index contributed by atoms with van der Waals surface area (Å²) >= 11 is 0. The molecule has 0 bridgehead atoms. The van der Waals surface area contributed by atoms with Crippen molar-refractivity contribution in [2.75, 3.05) is 13.7 Å². The Kier molecular flexibility index (Phi) is 3.39. The van der Waals surface area contributed by atoms with Crippen molar-refractivity contribution in [2.45, 2.75) is 38.9 Å². The van der Waals surface area contributed by atoms with Gasteiger partial charge in [-0.3, -0.25) is 4.90 Å². The number of carbonyl (C=O) groups is 1. The first-order valence-corrected chi connectivity index (χ1v) is 5.07. The Hall–Kier alpha value is -1.03. The second-order valence-electron chi connectivity index (χ2n) is 4.64. The third-order valence-electron chi connectivity index (χ3n) is 2.23. The highest BCUT2D eigenvalue weighted by molar-refractivity contribution is 5.71. The number of hydrogen-bond donors (Lipinski definition) is 0. The first kappa shape index (κ1) is 12.0. The lowest BCUT2D eigenvalue weighted by molar-refractivity contribution is 0.0326. The molecule has 1 aliphatic heterocycles. The second-order valence-corrected chi connectivity index (χ2v) is 4.64. The first-order chi connectivity index (χ1) is 6.85. The minimum Gasteiger partial charge on any atom is -0.443 e. The van der Waals surface area contributed by atoms with Crippen LogP contribution in [0.1, 0.15) is 27.2 Å². The molecule has 0 saturated carbocycles. The van der Waals surface area contributed by atoms with Crippen LogP contribution < -0.4 is 0 Å². The van der Waals surface area contributed by atoms with Crippen LogP contribution in [-0.4, -0.2) is 36.4 Å². The van der Waals surface area contributed by atoms with E-state index < -0.39 is 5.60 Å². The summed E-state index contributed by atoms with van der Waals surface area (Å²) < 4.78 is 10.4. The summed E-state index contributed by atoms with van der Waals surface area (Å²) in [5.74, 6) is 0. The molecule has 0 aliphatic carbocycles. The number of hydrogen-bond acceptors (Lipinski definition) is 3. The maximum Gasteiger partial charge on any atom is 0.414 e. The van der Waals surface area contributed by atoms with Gasteiger partial charge < -0.3 is 9.47 Å². The fourth-order valence-electron chi connectivity index (χ4n) is 1.51. The predicted octanol–water partition coefficient (Wildman–Crippen LogP) is 2.16. The van der Waals surface area contributed by atoms with Gasteiger partial charge in [-0.15, -0.1) is 0 Å². The van der Waals surface area contributed by atoms with E-state index in [0.717, 1.165) is 6.42 Å². The van der Waals surface area contributed by atoms with Crippen LogP contribution >= 0.6 is 0 Å². The first-order valence-electron chi connectivity index (χ1n) is 5.07. The normalized spacial score (nSPS) is 22.0. The van der Waals surface area contributed by atoms with E-state index >= 15 is 0 Å². The lowest BCUT2D eigenvalue weighted by Crippen LogP contribution is -2.34. The van der Waals surface area contributed by atoms with Crippen molar-refractivity contribution in [3.8, 4) is 0 Å². The van der Waals surface area contributed by atoms with Gasteiger partial charge in [0, 0.05) is 19.4 Å². The Bertz CT molecular complexity index is 267. The lowest BCUT2D eigenvalue weighted by atomic mass is 10.2. The summed E-state index contributed by atoms with van der Waals surface area (Å²) in [4.78, 5) is 13.3. The van der Waals surface area contributed by atoms with Gasteiger partial charge in [0.05, 0.1) is 6.10 Å². The Morgan fingerprint density at radius 1 is 1.53 bits per heavy atom. The fraction of sp³-hybridized carbons (Fsp3) is 0.727. The molecule has 86 valence electrons. The lowest BCUT2D eigenvalue weighted by Gasteiger charge is -2.25. The van der Waals surface area contributed by atoms with Crippen molar-refractivity contribution in [3.05, 3.63) is 12.3 Å². The zero-order valence-electron chi connectivity index (χ0n) is 9.87. The smallest absolute Gasteiger partial charge is 0.414 e. The third kappa shape index (κ3) is 2.96. The highest BCUT2D eigenvalue weighted by Gasteiger charge is 2.33. The summed E-state index contributed by atoms with van der Waals surface area (Å²) in [6, 6.07) is 0. The van der Waals surface area contributed by atoms with Gasteiger partial charge in [0.15, 0.2) is 0 Å². The van der Waals surface area contributed by atoms with Crippen LogP contribution in [0.2, 0.25) is 0 Å². The van der Waals surface area contributed by atoms with Crippen LogP contribution in [0, 0.1) is 0 Å². The topological polar surface area (TPSA) is 38.8 Å². The summed E-state index contributed by atoms with van der Waals surface area (Å²) in [7, 11) is 1.62. The fourth-order valence-corrected chi connectivity index (χ4v) is 1.51.